The predicted octanol–water partition coefficient (Wildman–Crippen LogP) is 0.263. The summed E-state index contributed by atoms with van der Waals surface area (Å²) in [6, 6.07) is -1.41. The number of carboxylic acid groups (broad SMARTS) is 1. The van der Waals surface area contributed by atoms with E-state index in [9.17, 15) is 14.4 Å². The number of hydrogen-bond acceptors (Lipinski definition) is 3. The summed E-state index contributed by atoms with van der Waals surface area (Å²) >= 11 is 0. The molecule has 0 spiro atoms. The Morgan fingerprint density at radius 2 is 1.89 bits per heavy atom. The van der Waals surface area contributed by atoms with E-state index in [0.717, 1.165) is 0 Å². The molecule has 0 aromatic heterocycles. The average molecular weight is 273 g/mol. The van der Waals surface area contributed by atoms with Gasteiger partial charge in [-0.25, -0.2) is 9.59 Å². The Balaban J connectivity index is 4.39. The van der Waals surface area contributed by atoms with Gasteiger partial charge in [-0.05, 0) is 5.92 Å². The van der Waals surface area contributed by atoms with Crippen LogP contribution in [0.5, 0.6) is 0 Å². The van der Waals surface area contributed by atoms with Crippen LogP contribution < -0.4 is 10.6 Å². The molecule has 0 aliphatic heterocycles. The highest BCUT2D eigenvalue weighted by molar-refractivity contribution is 5.83. The Labute approximate surface area is 113 Å². The number of nitrogens with zero attached hydrogens (tertiary/aromatic N) is 1. The number of aliphatic carboxylic acids is 1. The first-order chi connectivity index (χ1) is 8.83. The molecule has 0 aromatic carbocycles. The van der Waals surface area contributed by atoms with Crippen LogP contribution in [-0.4, -0.2) is 54.6 Å². The molecule has 2 unspecified atom stereocenters. The molecule has 0 rings (SSSR count). The lowest BCUT2D eigenvalue weighted by molar-refractivity contribution is -0.140. The summed E-state index contributed by atoms with van der Waals surface area (Å²) in [6.07, 6.45) is 0.834. The lowest BCUT2D eigenvalue weighted by atomic mass is 9.99. The molecule has 0 aromatic rings. The normalized spacial score (nSPS) is 13.3. The SMILES string of the molecule is CCC(C)C(NC(=O)N(C)CCC(=O)NC)C(=O)O. The van der Waals surface area contributed by atoms with E-state index in [2.05, 4.69) is 10.6 Å². The van der Waals surface area contributed by atoms with Gasteiger partial charge >= 0.3 is 12.0 Å². The van der Waals surface area contributed by atoms with Crippen LogP contribution in [0.1, 0.15) is 26.7 Å². The van der Waals surface area contributed by atoms with Crippen molar-refractivity contribution in [1.29, 1.82) is 0 Å². The zero-order valence-corrected chi connectivity index (χ0v) is 11.9. The van der Waals surface area contributed by atoms with Gasteiger partial charge in [0.2, 0.25) is 5.91 Å². The lowest BCUT2D eigenvalue weighted by Gasteiger charge is -2.24. The monoisotopic (exact) mass is 273 g/mol. The van der Waals surface area contributed by atoms with Gasteiger partial charge in [0.1, 0.15) is 6.04 Å². The van der Waals surface area contributed by atoms with Crippen molar-refractivity contribution in [3.63, 3.8) is 0 Å². The van der Waals surface area contributed by atoms with Crippen molar-refractivity contribution >= 4 is 17.9 Å². The fraction of sp³-hybridized carbons (Fsp3) is 0.750. The maximum atomic E-state index is 11.8. The molecule has 3 N–H and O–H groups in total. The van der Waals surface area contributed by atoms with Crippen molar-refractivity contribution in [2.24, 2.45) is 5.92 Å². The Bertz CT molecular complexity index is 333. The fourth-order valence-corrected chi connectivity index (χ4v) is 1.42. The predicted molar refractivity (Wildman–Crippen MR) is 70.7 cm³/mol. The van der Waals surface area contributed by atoms with Crippen molar-refractivity contribution in [2.75, 3.05) is 20.6 Å². The quantitative estimate of drug-likeness (QED) is 0.619. The average Bonchev–Trinajstić information content (AvgIpc) is 2.39. The molecule has 19 heavy (non-hydrogen) atoms. The molecule has 2 atom stereocenters. The maximum Gasteiger partial charge on any atom is 0.326 e. The largest absolute Gasteiger partial charge is 0.480 e. The smallest absolute Gasteiger partial charge is 0.326 e. The third-order valence-corrected chi connectivity index (χ3v) is 3.06. The first kappa shape index (κ1) is 17.2. The number of amides is 3. The van der Waals surface area contributed by atoms with E-state index in [1.54, 1.807) is 6.92 Å². The van der Waals surface area contributed by atoms with E-state index >= 15 is 0 Å². The zero-order chi connectivity index (χ0) is 15.0. The molecule has 7 nitrogen and oxygen atoms in total. The molecule has 0 aliphatic carbocycles. The second-order valence-corrected chi connectivity index (χ2v) is 4.50. The number of urea groups is 1. The van der Waals surface area contributed by atoms with E-state index in [4.69, 9.17) is 5.11 Å². The topological polar surface area (TPSA) is 98.7 Å². The Kier molecular flexibility index (Phi) is 7.55. The van der Waals surface area contributed by atoms with Gasteiger partial charge in [0, 0.05) is 27.1 Å². The van der Waals surface area contributed by atoms with E-state index in [0.29, 0.717) is 6.42 Å². The summed E-state index contributed by atoms with van der Waals surface area (Å²) in [5, 5.41) is 14.0. The minimum absolute atomic E-state index is 0.159. The number of rotatable bonds is 7. The highest BCUT2D eigenvalue weighted by Gasteiger charge is 2.26. The van der Waals surface area contributed by atoms with Crippen LogP contribution in [0.4, 0.5) is 4.79 Å². The first-order valence-electron chi connectivity index (χ1n) is 6.28. The maximum absolute atomic E-state index is 11.8. The van der Waals surface area contributed by atoms with Gasteiger partial charge in [-0.3, -0.25) is 4.79 Å². The number of nitrogens with one attached hydrogen (secondary N) is 2. The summed E-state index contributed by atoms with van der Waals surface area (Å²) in [6.45, 7) is 3.87. The number of carbonyl (C=O) groups is 3. The molecule has 0 radical (unpaired) electrons. The standard InChI is InChI=1S/C12H23N3O4/c1-5-8(2)10(11(17)18)14-12(19)15(4)7-6-9(16)13-3/h8,10H,5-7H2,1-4H3,(H,13,16)(H,14,19)(H,17,18). The molecule has 0 saturated heterocycles. The van der Waals surface area contributed by atoms with Crippen molar-refractivity contribution in [3.05, 3.63) is 0 Å². The van der Waals surface area contributed by atoms with E-state index < -0.39 is 18.0 Å². The minimum atomic E-state index is -1.05. The highest BCUT2D eigenvalue weighted by atomic mass is 16.4. The number of carboxylic acids is 1. The van der Waals surface area contributed by atoms with Gasteiger partial charge in [-0.2, -0.15) is 0 Å². The summed E-state index contributed by atoms with van der Waals surface area (Å²) in [5.41, 5.74) is 0. The number of hydrogen-bond donors (Lipinski definition) is 3. The summed E-state index contributed by atoms with van der Waals surface area (Å²) in [5.74, 6) is -1.38. The minimum Gasteiger partial charge on any atom is -0.480 e. The van der Waals surface area contributed by atoms with Crippen LogP contribution >= 0.6 is 0 Å². The van der Waals surface area contributed by atoms with Crippen molar-refractivity contribution in [1.82, 2.24) is 15.5 Å². The highest BCUT2D eigenvalue weighted by Crippen LogP contribution is 2.08. The third-order valence-electron chi connectivity index (χ3n) is 3.06. The van der Waals surface area contributed by atoms with E-state index in [1.807, 2.05) is 6.92 Å². The zero-order valence-electron chi connectivity index (χ0n) is 11.9. The summed E-state index contributed by atoms with van der Waals surface area (Å²) in [7, 11) is 3.04. The van der Waals surface area contributed by atoms with Crippen molar-refractivity contribution in [3.8, 4) is 0 Å². The molecule has 0 saturated carbocycles. The number of carbonyl (C=O) groups excluding carboxylic acids is 2. The Hall–Kier alpha value is -1.79. The molecular weight excluding hydrogens is 250 g/mol. The Morgan fingerprint density at radius 3 is 2.32 bits per heavy atom. The second-order valence-electron chi connectivity index (χ2n) is 4.50. The van der Waals surface area contributed by atoms with Gasteiger partial charge in [-0.15, -0.1) is 0 Å². The van der Waals surface area contributed by atoms with E-state index in [-0.39, 0.29) is 24.8 Å². The van der Waals surface area contributed by atoms with Crippen LogP contribution in [0.15, 0.2) is 0 Å². The molecule has 0 bridgehead atoms. The van der Waals surface area contributed by atoms with Gasteiger partial charge in [0.15, 0.2) is 0 Å². The van der Waals surface area contributed by atoms with Gasteiger partial charge in [-0.1, -0.05) is 20.3 Å². The van der Waals surface area contributed by atoms with Gasteiger partial charge in [0.25, 0.3) is 0 Å². The lowest BCUT2D eigenvalue weighted by Crippen LogP contribution is -2.50. The van der Waals surface area contributed by atoms with Gasteiger partial charge in [0.05, 0.1) is 0 Å². The van der Waals surface area contributed by atoms with Crippen LogP contribution in [0.25, 0.3) is 0 Å². The summed E-state index contributed by atoms with van der Waals surface area (Å²) in [4.78, 5) is 35.2. The van der Waals surface area contributed by atoms with Crippen LogP contribution in [0.3, 0.4) is 0 Å². The van der Waals surface area contributed by atoms with Gasteiger partial charge < -0.3 is 20.6 Å². The van der Waals surface area contributed by atoms with E-state index in [1.165, 1.54) is 19.0 Å². The van der Waals surface area contributed by atoms with Crippen LogP contribution in [-0.2, 0) is 9.59 Å². The van der Waals surface area contributed by atoms with Crippen LogP contribution in [0, 0.1) is 5.92 Å². The molecule has 110 valence electrons. The fourth-order valence-electron chi connectivity index (χ4n) is 1.42. The molecule has 0 fully saturated rings. The molecule has 0 aliphatic rings. The molecule has 3 amide bonds. The van der Waals surface area contributed by atoms with Crippen molar-refractivity contribution < 1.29 is 19.5 Å². The van der Waals surface area contributed by atoms with Crippen molar-refractivity contribution in [2.45, 2.75) is 32.7 Å². The Morgan fingerprint density at radius 1 is 1.32 bits per heavy atom. The first-order valence-corrected chi connectivity index (χ1v) is 6.28. The van der Waals surface area contributed by atoms with Crippen LogP contribution in [0.2, 0.25) is 0 Å². The molecule has 0 heterocycles. The second kappa shape index (κ2) is 8.34. The third kappa shape index (κ3) is 6.08. The summed E-state index contributed by atoms with van der Waals surface area (Å²) < 4.78 is 0. The molecular formula is C12H23N3O4. The molecule has 7 heteroatoms.